The van der Waals surface area contributed by atoms with Crippen LogP contribution in [0.1, 0.15) is 31.1 Å². The topological polar surface area (TPSA) is 69.9 Å². The zero-order valence-corrected chi connectivity index (χ0v) is 12.7. The molecule has 0 amide bonds. The van der Waals surface area contributed by atoms with Crippen LogP contribution in [0.4, 0.5) is 0 Å². The Morgan fingerprint density at radius 1 is 1.32 bits per heavy atom. The second kappa shape index (κ2) is 5.79. The fourth-order valence-corrected chi connectivity index (χ4v) is 2.85. The lowest BCUT2D eigenvalue weighted by atomic mass is 9.94. The number of hydrogen-bond acceptors (Lipinski definition) is 5. The first-order valence-corrected chi connectivity index (χ1v) is 7.44. The van der Waals surface area contributed by atoms with Crippen molar-refractivity contribution in [3.63, 3.8) is 0 Å². The summed E-state index contributed by atoms with van der Waals surface area (Å²) in [5.74, 6) is -0.583. The Hall–Kier alpha value is -2.37. The lowest BCUT2D eigenvalue weighted by Crippen LogP contribution is -2.32. The van der Waals surface area contributed by atoms with E-state index in [9.17, 15) is 9.59 Å². The second-order valence-electron chi connectivity index (χ2n) is 5.16. The average Bonchev–Trinajstić information content (AvgIpc) is 2.93. The molecule has 0 N–H and O–H groups in total. The number of ether oxygens (including phenoxy) is 2. The van der Waals surface area contributed by atoms with Gasteiger partial charge in [-0.25, -0.2) is 9.59 Å². The van der Waals surface area contributed by atoms with Gasteiger partial charge in [0.15, 0.2) is 6.04 Å². The minimum absolute atomic E-state index is 0.274. The number of rotatable bonds is 4. The third kappa shape index (κ3) is 2.34. The van der Waals surface area contributed by atoms with Gasteiger partial charge in [-0.2, -0.15) is 0 Å². The van der Waals surface area contributed by atoms with Crippen molar-refractivity contribution in [2.24, 2.45) is 4.99 Å². The molecule has 2 aliphatic rings. The molecule has 1 aromatic heterocycles. The molecule has 0 bridgehead atoms. The van der Waals surface area contributed by atoms with Gasteiger partial charge in [-0.05, 0) is 31.6 Å². The Morgan fingerprint density at radius 2 is 2.09 bits per heavy atom. The molecule has 0 fully saturated rings. The van der Waals surface area contributed by atoms with Gasteiger partial charge in [-0.3, -0.25) is 4.99 Å². The lowest BCUT2D eigenvalue weighted by molar-refractivity contribution is -0.147. The van der Waals surface area contributed by atoms with Crippen LogP contribution in [0.3, 0.4) is 0 Å². The van der Waals surface area contributed by atoms with Crippen LogP contribution in [0.5, 0.6) is 0 Å². The first-order chi connectivity index (χ1) is 10.7. The lowest BCUT2D eigenvalue weighted by Gasteiger charge is -2.26. The van der Waals surface area contributed by atoms with Crippen molar-refractivity contribution in [2.45, 2.75) is 26.3 Å². The summed E-state index contributed by atoms with van der Waals surface area (Å²) in [6.07, 6.45) is 4.12. The molecule has 1 aromatic rings. The van der Waals surface area contributed by atoms with Gasteiger partial charge in [0, 0.05) is 18.2 Å². The van der Waals surface area contributed by atoms with Crippen molar-refractivity contribution in [2.75, 3.05) is 19.8 Å². The third-order valence-corrected chi connectivity index (χ3v) is 3.80. The fourth-order valence-electron chi connectivity index (χ4n) is 2.85. The molecule has 0 aromatic carbocycles. The SMILES string of the molecule is CCOC(=O)C1=CC2=NCC(C(=O)OCC)n3ccc(c32)C1. The molecule has 116 valence electrons. The van der Waals surface area contributed by atoms with Crippen LogP contribution in [-0.2, 0) is 25.5 Å². The van der Waals surface area contributed by atoms with E-state index in [1.807, 2.05) is 16.8 Å². The van der Waals surface area contributed by atoms with Crippen molar-refractivity contribution >= 4 is 17.7 Å². The van der Waals surface area contributed by atoms with Gasteiger partial charge in [0.05, 0.1) is 31.2 Å². The van der Waals surface area contributed by atoms with Crippen LogP contribution in [0.2, 0.25) is 0 Å². The zero-order chi connectivity index (χ0) is 15.7. The number of esters is 2. The number of nitrogens with zero attached hydrogens (tertiary/aromatic N) is 2. The summed E-state index contributed by atoms with van der Waals surface area (Å²) in [6.45, 7) is 4.59. The van der Waals surface area contributed by atoms with Crippen molar-refractivity contribution in [1.82, 2.24) is 4.57 Å². The smallest absolute Gasteiger partial charge is 0.334 e. The summed E-state index contributed by atoms with van der Waals surface area (Å²) < 4.78 is 12.1. The zero-order valence-electron chi connectivity index (χ0n) is 12.7. The summed E-state index contributed by atoms with van der Waals surface area (Å²) in [7, 11) is 0. The molecule has 0 radical (unpaired) electrons. The highest BCUT2D eigenvalue weighted by molar-refractivity contribution is 6.14. The molecule has 0 saturated carbocycles. The maximum Gasteiger partial charge on any atom is 0.334 e. The minimum atomic E-state index is -0.426. The standard InChI is InChI=1S/C16H18N2O4/c1-3-21-15(19)11-7-10-5-6-18-13(16(20)22-4-2)9-17-12(8-11)14(10)18/h5-6,8,13H,3-4,7,9H2,1-2H3. The van der Waals surface area contributed by atoms with Crippen molar-refractivity contribution in [3.8, 4) is 0 Å². The number of aromatic nitrogens is 1. The summed E-state index contributed by atoms with van der Waals surface area (Å²) >= 11 is 0. The maximum atomic E-state index is 12.0. The number of carbonyl (C=O) groups is 2. The predicted octanol–water partition coefficient (Wildman–Crippen LogP) is 1.44. The van der Waals surface area contributed by atoms with Crippen LogP contribution in [-0.4, -0.2) is 42.0 Å². The number of carbonyl (C=O) groups excluding carboxylic acids is 2. The molecule has 22 heavy (non-hydrogen) atoms. The van der Waals surface area contributed by atoms with Gasteiger partial charge in [-0.15, -0.1) is 0 Å². The van der Waals surface area contributed by atoms with E-state index in [0.29, 0.717) is 31.8 Å². The van der Waals surface area contributed by atoms with E-state index in [1.54, 1.807) is 19.9 Å². The summed E-state index contributed by atoms with van der Waals surface area (Å²) in [6, 6.07) is 1.50. The molecule has 1 aliphatic carbocycles. The molecule has 6 nitrogen and oxygen atoms in total. The van der Waals surface area contributed by atoms with E-state index < -0.39 is 6.04 Å². The first-order valence-electron chi connectivity index (χ1n) is 7.44. The van der Waals surface area contributed by atoms with Crippen molar-refractivity contribution in [3.05, 3.63) is 35.2 Å². The van der Waals surface area contributed by atoms with E-state index in [0.717, 1.165) is 17.0 Å². The minimum Gasteiger partial charge on any atom is -0.464 e. The second-order valence-corrected chi connectivity index (χ2v) is 5.16. The Morgan fingerprint density at radius 3 is 2.82 bits per heavy atom. The van der Waals surface area contributed by atoms with Crippen LogP contribution in [0.25, 0.3) is 0 Å². The monoisotopic (exact) mass is 302 g/mol. The normalized spacial score (nSPS) is 18.9. The molecule has 1 atom stereocenters. The molecular formula is C16H18N2O4. The highest BCUT2D eigenvalue weighted by Crippen LogP contribution is 2.30. The Kier molecular flexibility index (Phi) is 3.83. The largest absolute Gasteiger partial charge is 0.464 e. The van der Waals surface area contributed by atoms with Gasteiger partial charge in [0.25, 0.3) is 0 Å². The van der Waals surface area contributed by atoms with E-state index >= 15 is 0 Å². The van der Waals surface area contributed by atoms with Gasteiger partial charge in [0.1, 0.15) is 0 Å². The number of allylic oxidation sites excluding steroid dienone is 1. The van der Waals surface area contributed by atoms with Crippen LogP contribution >= 0.6 is 0 Å². The molecule has 2 heterocycles. The molecular weight excluding hydrogens is 284 g/mol. The van der Waals surface area contributed by atoms with Crippen molar-refractivity contribution < 1.29 is 19.1 Å². The number of hydrogen-bond donors (Lipinski definition) is 0. The molecule has 1 unspecified atom stereocenters. The highest BCUT2D eigenvalue weighted by atomic mass is 16.5. The quantitative estimate of drug-likeness (QED) is 0.789. The van der Waals surface area contributed by atoms with Gasteiger partial charge >= 0.3 is 11.9 Å². The van der Waals surface area contributed by atoms with Crippen LogP contribution in [0.15, 0.2) is 28.9 Å². The molecule has 1 aliphatic heterocycles. The summed E-state index contributed by atoms with van der Waals surface area (Å²) in [5.41, 5.74) is 3.21. The Labute approximate surface area is 128 Å². The van der Waals surface area contributed by atoms with Crippen molar-refractivity contribution in [1.29, 1.82) is 0 Å². The third-order valence-electron chi connectivity index (χ3n) is 3.80. The van der Waals surface area contributed by atoms with E-state index in [2.05, 4.69) is 4.99 Å². The molecule has 3 rings (SSSR count). The van der Waals surface area contributed by atoms with Gasteiger partial charge < -0.3 is 14.0 Å². The highest BCUT2D eigenvalue weighted by Gasteiger charge is 2.33. The van der Waals surface area contributed by atoms with E-state index in [1.165, 1.54) is 0 Å². The Bertz CT molecular complexity index is 684. The fraction of sp³-hybridized carbons (Fsp3) is 0.438. The van der Waals surface area contributed by atoms with E-state index in [-0.39, 0.29) is 11.9 Å². The van der Waals surface area contributed by atoms with E-state index in [4.69, 9.17) is 9.47 Å². The first kappa shape index (κ1) is 14.6. The molecule has 0 spiro atoms. The van der Waals surface area contributed by atoms with Crippen LogP contribution in [0, 0.1) is 0 Å². The average molecular weight is 302 g/mol. The van der Waals surface area contributed by atoms with Gasteiger partial charge in [0.2, 0.25) is 0 Å². The number of aliphatic imine (C=N–C) groups is 1. The Balaban J connectivity index is 1.93. The summed E-state index contributed by atoms with van der Waals surface area (Å²) in [5, 5.41) is 0. The van der Waals surface area contributed by atoms with Gasteiger partial charge in [-0.1, -0.05) is 0 Å². The predicted molar refractivity (Wildman–Crippen MR) is 79.9 cm³/mol. The van der Waals surface area contributed by atoms with Crippen LogP contribution < -0.4 is 0 Å². The molecule has 6 heteroatoms. The maximum absolute atomic E-state index is 12.0. The molecule has 0 saturated heterocycles. The summed E-state index contributed by atoms with van der Waals surface area (Å²) in [4.78, 5) is 28.4.